The molecule has 0 saturated carbocycles. The Morgan fingerprint density at radius 3 is 2.55 bits per heavy atom. The van der Waals surface area contributed by atoms with Gasteiger partial charge in [-0.2, -0.15) is 0 Å². The van der Waals surface area contributed by atoms with Crippen molar-refractivity contribution in [3.05, 3.63) is 89.5 Å². The topological polar surface area (TPSA) is 126 Å². The number of methoxy groups -OCH3 is 1. The minimum atomic E-state index is -2.95. The molecule has 9 nitrogen and oxygen atoms in total. The summed E-state index contributed by atoms with van der Waals surface area (Å²) >= 11 is 0. The monoisotopic (exact) mass is 596 g/mol. The fourth-order valence-corrected chi connectivity index (χ4v) is 6.90. The summed E-state index contributed by atoms with van der Waals surface area (Å²) in [5.74, 6) is 0.813. The van der Waals surface area contributed by atoms with E-state index in [4.69, 9.17) is 4.74 Å². The summed E-state index contributed by atoms with van der Waals surface area (Å²) in [4.78, 5) is 13.7. The van der Waals surface area contributed by atoms with E-state index in [1.807, 2.05) is 67.6 Å². The van der Waals surface area contributed by atoms with Crippen LogP contribution in [0.3, 0.4) is 0 Å². The Balaban J connectivity index is 1.49. The SMILES string of the molecule is CCNc1cc(C(=O)N[C@@H](Cc2ccccc2)[C@H](O)CNCCc2ccccc2OC)cc(N2CCCCS2(O)O)c1. The molecule has 0 unspecified atom stereocenters. The van der Waals surface area contributed by atoms with Crippen LogP contribution < -0.4 is 25.0 Å². The van der Waals surface area contributed by atoms with Gasteiger partial charge in [-0.25, -0.2) is 0 Å². The van der Waals surface area contributed by atoms with Crippen molar-refractivity contribution in [2.75, 3.05) is 48.7 Å². The molecule has 1 heterocycles. The third-order valence-corrected chi connectivity index (χ3v) is 9.36. The molecule has 1 aliphatic rings. The Bertz CT molecular complexity index is 1290. The molecule has 0 aliphatic carbocycles. The number of carbonyl (C=O) groups is 1. The lowest BCUT2D eigenvalue weighted by atomic mass is 10.00. The number of ether oxygens (including phenoxy) is 1. The highest BCUT2D eigenvalue weighted by atomic mass is 32.3. The lowest BCUT2D eigenvalue weighted by Crippen LogP contribution is -2.49. The molecule has 3 aromatic rings. The van der Waals surface area contributed by atoms with E-state index in [0.717, 1.165) is 41.8 Å². The van der Waals surface area contributed by atoms with Crippen LogP contribution in [0.4, 0.5) is 11.4 Å². The van der Waals surface area contributed by atoms with Crippen LogP contribution in [0.1, 0.15) is 41.3 Å². The van der Waals surface area contributed by atoms with E-state index >= 15 is 0 Å². The second-order valence-electron chi connectivity index (χ2n) is 10.5. The van der Waals surface area contributed by atoms with Crippen molar-refractivity contribution in [3.8, 4) is 5.75 Å². The summed E-state index contributed by atoms with van der Waals surface area (Å²) in [5.41, 5.74) is 3.78. The number of aliphatic hydroxyl groups is 1. The lowest BCUT2D eigenvalue weighted by molar-refractivity contribution is 0.0831. The maximum atomic E-state index is 13.7. The van der Waals surface area contributed by atoms with Gasteiger partial charge < -0.3 is 25.8 Å². The predicted molar refractivity (Wildman–Crippen MR) is 172 cm³/mol. The highest BCUT2D eigenvalue weighted by molar-refractivity contribution is 8.25. The quantitative estimate of drug-likeness (QED) is 0.145. The molecule has 1 amide bonds. The van der Waals surface area contributed by atoms with Crippen molar-refractivity contribution >= 4 is 28.1 Å². The Morgan fingerprint density at radius 1 is 1.05 bits per heavy atom. The molecular weight excluding hydrogens is 552 g/mol. The second kappa shape index (κ2) is 15.3. The predicted octanol–water partition coefficient (Wildman–Crippen LogP) is 4.93. The number of hydrogen-bond donors (Lipinski definition) is 6. The third kappa shape index (κ3) is 8.62. The summed E-state index contributed by atoms with van der Waals surface area (Å²) in [6.07, 6.45) is 1.94. The van der Waals surface area contributed by atoms with Gasteiger partial charge >= 0.3 is 0 Å². The first-order valence-electron chi connectivity index (χ1n) is 14.6. The van der Waals surface area contributed by atoms with Crippen LogP contribution in [0.15, 0.2) is 72.8 Å². The Morgan fingerprint density at radius 2 is 1.81 bits per heavy atom. The molecule has 10 heteroatoms. The number of aliphatic hydroxyl groups excluding tert-OH is 1. The van der Waals surface area contributed by atoms with Crippen LogP contribution in [0.5, 0.6) is 5.75 Å². The number of amides is 1. The molecule has 0 aromatic heterocycles. The number of para-hydroxylation sites is 1. The average Bonchev–Trinajstić information content (AvgIpc) is 2.99. The van der Waals surface area contributed by atoms with E-state index in [0.29, 0.717) is 49.6 Å². The van der Waals surface area contributed by atoms with Crippen molar-refractivity contribution in [1.29, 1.82) is 0 Å². The maximum Gasteiger partial charge on any atom is 0.251 e. The highest BCUT2D eigenvalue weighted by Gasteiger charge is 2.28. The van der Waals surface area contributed by atoms with Gasteiger partial charge in [0, 0.05) is 30.9 Å². The zero-order chi connectivity index (χ0) is 30.0. The molecule has 3 aromatic carbocycles. The number of benzene rings is 3. The lowest BCUT2D eigenvalue weighted by Gasteiger charge is -2.47. The Hall–Kier alpha value is -3.28. The van der Waals surface area contributed by atoms with Crippen molar-refractivity contribution < 1.29 is 23.7 Å². The van der Waals surface area contributed by atoms with Crippen molar-refractivity contribution in [2.45, 2.75) is 44.8 Å². The maximum absolute atomic E-state index is 13.7. The summed E-state index contributed by atoms with van der Waals surface area (Å²) in [7, 11) is -1.29. The van der Waals surface area contributed by atoms with E-state index in [1.54, 1.807) is 23.5 Å². The average molecular weight is 597 g/mol. The van der Waals surface area contributed by atoms with Gasteiger partial charge in [-0.1, -0.05) is 48.5 Å². The molecule has 1 aliphatic heterocycles. The van der Waals surface area contributed by atoms with Gasteiger partial charge in [0.05, 0.1) is 30.7 Å². The standard InChI is InChI=1S/C32H44N4O5S/c1-3-34-27-20-26(21-28(22-27)36-17-9-10-18-42(36,39)40)32(38)35-29(19-24-11-5-4-6-12-24)30(37)23-33-16-15-25-13-7-8-14-31(25)41-2/h4-8,11-14,20-22,29-30,33-34,37,39-40H,3,9-10,15-19,23H2,1-2H3,(H,35,38)/t29-,30+/m0/s1. The molecule has 228 valence electrons. The smallest absolute Gasteiger partial charge is 0.251 e. The molecule has 2 atom stereocenters. The number of hydrogen-bond acceptors (Lipinski definition) is 8. The number of nitrogens with zero attached hydrogens (tertiary/aromatic N) is 1. The van der Waals surface area contributed by atoms with Crippen LogP contribution in [0.2, 0.25) is 0 Å². The van der Waals surface area contributed by atoms with Gasteiger partial charge in [-0.05, 0) is 74.5 Å². The van der Waals surface area contributed by atoms with Crippen molar-refractivity contribution in [2.24, 2.45) is 0 Å². The van der Waals surface area contributed by atoms with Gasteiger partial charge in [0.15, 0.2) is 0 Å². The first-order valence-corrected chi connectivity index (χ1v) is 16.3. The summed E-state index contributed by atoms with van der Waals surface area (Å²) in [6, 6.07) is 22.4. The van der Waals surface area contributed by atoms with Crippen molar-refractivity contribution in [1.82, 2.24) is 10.6 Å². The Labute approximate surface area is 250 Å². The van der Waals surface area contributed by atoms with Gasteiger partial charge in [-0.3, -0.25) is 18.2 Å². The molecule has 0 bridgehead atoms. The molecule has 6 N–H and O–H groups in total. The fraction of sp³-hybridized carbons (Fsp3) is 0.406. The van der Waals surface area contributed by atoms with E-state index in [2.05, 4.69) is 16.0 Å². The van der Waals surface area contributed by atoms with Crippen molar-refractivity contribution in [3.63, 3.8) is 0 Å². The zero-order valence-electron chi connectivity index (χ0n) is 24.5. The minimum absolute atomic E-state index is 0.296. The van der Waals surface area contributed by atoms with Gasteiger partial charge in [0.25, 0.3) is 5.91 Å². The van der Waals surface area contributed by atoms with E-state index in [9.17, 15) is 19.0 Å². The van der Waals surface area contributed by atoms with Gasteiger partial charge in [-0.15, -0.1) is 10.8 Å². The fourth-order valence-electron chi connectivity index (χ4n) is 5.23. The number of anilines is 2. The highest BCUT2D eigenvalue weighted by Crippen LogP contribution is 2.50. The van der Waals surface area contributed by atoms with Crippen LogP contribution >= 0.6 is 10.8 Å². The number of nitrogens with one attached hydrogen (secondary N) is 3. The van der Waals surface area contributed by atoms with Gasteiger partial charge in [0.1, 0.15) is 5.75 Å². The molecule has 4 rings (SSSR count). The second-order valence-corrected chi connectivity index (χ2v) is 12.7. The van der Waals surface area contributed by atoms with E-state index in [1.165, 1.54) is 0 Å². The molecule has 0 spiro atoms. The van der Waals surface area contributed by atoms with E-state index < -0.39 is 22.9 Å². The largest absolute Gasteiger partial charge is 0.496 e. The minimum Gasteiger partial charge on any atom is -0.496 e. The molecule has 1 fully saturated rings. The molecule has 1 saturated heterocycles. The van der Waals surface area contributed by atoms with E-state index in [-0.39, 0.29) is 5.91 Å². The summed E-state index contributed by atoms with van der Waals surface area (Å²) in [5, 5.41) is 20.9. The summed E-state index contributed by atoms with van der Waals surface area (Å²) < 4.78 is 28.5. The number of rotatable bonds is 14. The van der Waals surface area contributed by atoms with Crippen LogP contribution in [0.25, 0.3) is 0 Å². The first-order chi connectivity index (χ1) is 20.3. The number of carbonyl (C=O) groups excluding carboxylic acids is 1. The van der Waals surface area contributed by atoms with Gasteiger partial charge in [0.2, 0.25) is 0 Å². The van der Waals surface area contributed by atoms with Crippen LogP contribution in [-0.4, -0.2) is 71.3 Å². The molecular formula is C32H44N4O5S. The third-order valence-electron chi connectivity index (χ3n) is 7.43. The first kappa shape index (κ1) is 31.7. The zero-order valence-corrected chi connectivity index (χ0v) is 25.3. The Kier molecular flexibility index (Phi) is 11.5. The normalized spacial score (nSPS) is 16.7. The molecule has 0 radical (unpaired) electrons. The molecule has 42 heavy (non-hydrogen) atoms. The van der Waals surface area contributed by atoms with Crippen LogP contribution in [0, 0.1) is 0 Å². The van der Waals surface area contributed by atoms with Crippen LogP contribution in [-0.2, 0) is 12.8 Å². The summed E-state index contributed by atoms with van der Waals surface area (Å²) in [6.45, 7) is 4.06.